The first-order valence-electron chi connectivity index (χ1n) is 9.45. The number of aryl methyl sites for hydroxylation is 1. The maximum absolute atomic E-state index is 13.2. The molecule has 160 valence electrons. The van der Waals surface area contributed by atoms with Crippen LogP contribution in [0, 0.1) is 12.7 Å². The predicted octanol–water partition coefficient (Wildman–Crippen LogP) is 2.69. The molecule has 1 heterocycles. The van der Waals surface area contributed by atoms with Crippen molar-refractivity contribution >= 4 is 33.2 Å². The van der Waals surface area contributed by atoms with Crippen LogP contribution < -0.4 is 10.2 Å². The van der Waals surface area contributed by atoms with Gasteiger partial charge in [0.05, 0.1) is 11.4 Å². The number of carbonyl (C=O) groups is 2. The van der Waals surface area contributed by atoms with Crippen LogP contribution in [0.25, 0.3) is 0 Å². The van der Waals surface area contributed by atoms with E-state index in [0.29, 0.717) is 23.4 Å². The average molecular weight is 434 g/mol. The SMILES string of the molecule is CC(=O)N1c2ccc(S(=O)(=O)N(C)CC(=O)Nc3ccc(F)cc3C)cc2CC1C. The molecular weight excluding hydrogens is 409 g/mol. The lowest BCUT2D eigenvalue weighted by Crippen LogP contribution is -2.35. The second kappa shape index (κ2) is 8.16. The fraction of sp³-hybridized carbons (Fsp3) is 0.333. The summed E-state index contributed by atoms with van der Waals surface area (Å²) in [6.45, 7) is 4.64. The Morgan fingerprint density at radius 2 is 1.93 bits per heavy atom. The Labute approximate surface area is 175 Å². The number of anilines is 2. The molecule has 0 saturated heterocycles. The summed E-state index contributed by atoms with van der Waals surface area (Å²) in [5, 5.41) is 2.60. The standard InChI is InChI=1S/C21H24FN3O4S/c1-13-9-17(22)5-7-19(13)23-21(27)12-24(4)30(28,29)18-6-8-20-16(11-18)10-14(2)25(20)15(3)26/h5-9,11,14H,10,12H2,1-4H3,(H,23,27). The average Bonchev–Trinajstić information content (AvgIpc) is 2.98. The van der Waals surface area contributed by atoms with Crippen molar-refractivity contribution in [3.05, 3.63) is 53.3 Å². The number of carbonyl (C=O) groups excluding carboxylic acids is 2. The second-order valence-corrected chi connectivity index (χ2v) is 9.55. The number of fused-ring (bicyclic) bond motifs is 1. The third kappa shape index (κ3) is 4.22. The molecular formula is C21H24FN3O4S. The largest absolute Gasteiger partial charge is 0.325 e. The van der Waals surface area contributed by atoms with Crippen molar-refractivity contribution in [3.8, 4) is 0 Å². The number of nitrogens with one attached hydrogen (secondary N) is 1. The molecule has 1 atom stereocenters. The Bertz CT molecular complexity index is 1120. The van der Waals surface area contributed by atoms with Crippen LogP contribution in [0.3, 0.4) is 0 Å². The molecule has 0 aliphatic carbocycles. The van der Waals surface area contributed by atoms with Crippen molar-refractivity contribution in [2.45, 2.75) is 38.1 Å². The number of sulfonamides is 1. The summed E-state index contributed by atoms with van der Waals surface area (Å²) in [6, 6.07) is 8.52. The molecule has 9 heteroatoms. The fourth-order valence-corrected chi connectivity index (χ4v) is 4.85. The zero-order chi connectivity index (χ0) is 22.2. The van der Waals surface area contributed by atoms with Crippen LogP contribution in [0.4, 0.5) is 15.8 Å². The van der Waals surface area contributed by atoms with E-state index in [1.165, 1.54) is 38.2 Å². The van der Waals surface area contributed by atoms with Crippen molar-refractivity contribution in [1.29, 1.82) is 0 Å². The Morgan fingerprint density at radius 3 is 2.57 bits per heavy atom. The maximum Gasteiger partial charge on any atom is 0.243 e. The molecule has 0 saturated carbocycles. The highest BCUT2D eigenvalue weighted by molar-refractivity contribution is 7.89. The van der Waals surface area contributed by atoms with Gasteiger partial charge in [-0.05, 0) is 67.8 Å². The number of hydrogen-bond acceptors (Lipinski definition) is 4. The maximum atomic E-state index is 13.2. The van der Waals surface area contributed by atoms with E-state index in [1.807, 2.05) is 6.92 Å². The van der Waals surface area contributed by atoms with Crippen LogP contribution in [0.2, 0.25) is 0 Å². The van der Waals surface area contributed by atoms with E-state index < -0.39 is 28.3 Å². The first kappa shape index (κ1) is 21.9. The smallest absolute Gasteiger partial charge is 0.243 e. The Morgan fingerprint density at radius 1 is 1.23 bits per heavy atom. The van der Waals surface area contributed by atoms with Gasteiger partial charge in [-0.15, -0.1) is 0 Å². The summed E-state index contributed by atoms with van der Waals surface area (Å²) in [6.07, 6.45) is 0.562. The number of likely N-dealkylation sites (N-methyl/N-ethyl adjacent to an activating group) is 1. The van der Waals surface area contributed by atoms with Crippen LogP contribution in [0.1, 0.15) is 25.0 Å². The molecule has 0 bridgehead atoms. The van der Waals surface area contributed by atoms with Gasteiger partial charge in [0.15, 0.2) is 0 Å². The third-order valence-electron chi connectivity index (χ3n) is 5.14. The number of amides is 2. The summed E-state index contributed by atoms with van der Waals surface area (Å²) in [5.41, 5.74) is 2.44. The van der Waals surface area contributed by atoms with Gasteiger partial charge in [-0.25, -0.2) is 12.8 Å². The third-order valence-corrected chi connectivity index (χ3v) is 6.94. The van der Waals surface area contributed by atoms with E-state index in [9.17, 15) is 22.4 Å². The van der Waals surface area contributed by atoms with Gasteiger partial charge in [0.25, 0.3) is 0 Å². The molecule has 0 radical (unpaired) electrons. The molecule has 0 spiro atoms. The molecule has 2 amide bonds. The van der Waals surface area contributed by atoms with Crippen molar-refractivity contribution in [1.82, 2.24) is 4.31 Å². The second-order valence-electron chi connectivity index (χ2n) is 7.50. The molecule has 2 aromatic carbocycles. The van der Waals surface area contributed by atoms with E-state index in [4.69, 9.17) is 0 Å². The molecule has 1 unspecified atom stereocenters. The molecule has 0 fully saturated rings. The van der Waals surface area contributed by atoms with Gasteiger partial charge in [0.1, 0.15) is 5.82 Å². The Balaban J connectivity index is 1.76. The minimum Gasteiger partial charge on any atom is -0.325 e. The zero-order valence-electron chi connectivity index (χ0n) is 17.3. The summed E-state index contributed by atoms with van der Waals surface area (Å²) >= 11 is 0. The molecule has 2 aromatic rings. The molecule has 30 heavy (non-hydrogen) atoms. The first-order valence-corrected chi connectivity index (χ1v) is 10.9. The highest BCUT2D eigenvalue weighted by Crippen LogP contribution is 2.34. The minimum atomic E-state index is -3.91. The highest BCUT2D eigenvalue weighted by Gasteiger charge is 2.31. The van der Waals surface area contributed by atoms with Crippen LogP contribution in [-0.2, 0) is 26.0 Å². The molecule has 1 aliphatic rings. The number of rotatable bonds is 5. The van der Waals surface area contributed by atoms with Gasteiger partial charge in [-0.1, -0.05) is 0 Å². The van der Waals surface area contributed by atoms with E-state index in [0.717, 1.165) is 9.87 Å². The molecule has 1 N–H and O–H groups in total. The normalized spacial score (nSPS) is 15.9. The summed E-state index contributed by atoms with van der Waals surface area (Å²) < 4.78 is 40.1. The summed E-state index contributed by atoms with van der Waals surface area (Å²) in [4.78, 5) is 25.9. The topological polar surface area (TPSA) is 86.8 Å². The summed E-state index contributed by atoms with van der Waals surface area (Å²) in [7, 11) is -2.59. The van der Waals surface area contributed by atoms with Gasteiger partial charge in [-0.3, -0.25) is 9.59 Å². The van der Waals surface area contributed by atoms with E-state index in [-0.39, 0.29) is 16.8 Å². The lowest BCUT2D eigenvalue weighted by atomic mass is 10.1. The van der Waals surface area contributed by atoms with Crippen molar-refractivity contribution < 1.29 is 22.4 Å². The molecule has 0 aromatic heterocycles. The van der Waals surface area contributed by atoms with Crippen LogP contribution >= 0.6 is 0 Å². The van der Waals surface area contributed by atoms with E-state index >= 15 is 0 Å². The number of halogens is 1. The monoisotopic (exact) mass is 433 g/mol. The molecule has 3 rings (SSSR count). The fourth-order valence-electron chi connectivity index (χ4n) is 3.67. The minimum absolute atomic E-state index is 0.0436. The van der Waals surface area contributed by atoms with Crippen LogP contribution in [0.5, 0.6) is 0 Å². The van der Waals surface area contributed by atoms with Gasteiger partial charge in [-0.2, -0.15) is 4.31 Å². The van der Waals surface area contributed by atoms with E-state index in [2.05, 4.69) is 5.32 Å². The molecule has 1 aliphatic heterocycles. The lowest BCUT2D eigenvalue weighted by Gasteiger charge is -2.21. The van der Waals surface area contributed by atoms with Gasteiger partial charge < -0.3 is 10.2 Å². The van der Waals surface area contributed by atoms with Crippen LogP contribution in [-0.4, -0.2) is 44.2 Å². The van der Waals surface area contributed by atoms with Gasteiger partial charge >= 0.3 is 0 Å². The van der Waals surface area contributed by atoms with Gasteiger partial charge in [0, 0.05) is 31.4 Å². The van der Waals surface area contributed by atoms with Crippen molar-refractivity contribution in [2.24, 2.45) is 0 Å². The predicted molar refractivity (Wildman–Crippen MR) is 112 cm³/mol. The zero-order valence-corrected chi connectivity index (χ0v) is 18.1. The quantitative estimate of drug-likeness (QED) is 0.786. The van der Waals surface area contributed by atoms with Crippen LogP contribution in [0.15, 0.2) is 41.3 Å². The van der Waals surface area contributed by atoms with Crippen molar-refractivity contribution in [2.75, 3.05) is 23.8 Å². The first-order chi connectivity index (χ1) is 14.0. The molecule has 7 nitrogen and oxygen atoms in total. The number of benzene rings is 2. The Hall–Kier alpha value is -2.78. The van der Waals surface area contributed by atoms with Crippen molar-refractivity contribution in [3.63, 3.8) is 0 Å². The van der Waals surface area contributed by atoms with Gasteiger partial charge in [0.2, 0.25) is 21.8 Å². The number of nitrogens with zero attached hydrogens (tertiary/aromatic N) is 2. The Kier molecular flexibility index (Phi) is 5.96. The lowest BCUT2D eigenvalue weighted by molar-refractivity contribution is -0.117. The highest BCUT2D eigenvalue weighted by atomic mass is 32.2. The van der Waals surface area contributed by atoms with E-state index in [1.54, 1.807) is 24.0 Å². The number of hydrogen-bond donors (Lipinski definition) is 1. The summed E-state index contributed by atoms with van der Waals surface area (Å²) in [5.74, 6) is -1.05.